The van der Waals surface area contributed by atoms with Crippen molar-refractivity contribution < 1.29 is 32.9 Å². The minimum Gasteiger partial charge on any atom is -0.459 e. The number of aliphatic hydroxyl groups is 2. The van der Waals surface area contributed by atoms with E-state index in [9.17, 15) is 23.1 Å². The number of esters is 1. The molecule has 0 amide bonds. The Morgan fingerprint density at radius 1 is 1.35 bits per heavy atom. The van der Waals surface area contributed by atoms with Crippen LogP contribution in [0.4, 0.5) is 13.2 Å². The Morgan fingerprint density at radius 2 is 1.94 bits per heavy atom. The molecule has 2 N–H and O–H groups in total. The van der Waals surface area contributed by atoms with E-state index in [0.29, 0.717) is 0 Å². The number of aliphatic hydroxyl groups excluding tert-OH is 1. The SMILES string of the molecule is C=CC(=O)OCC(O)(CO)CCCC(F)(F)F. The van der Waals surface area contributed by atoms with Gasteiger partial charge in [-0.1, -0.05) is 6.58 Å². The molecule has 0 saturated heterocycles. The van der Waals surface area contributed by atoms with Crippen molar-refractivity contribution in [3.8, 4) is 0 Å². The molecule has 0 aliphatic rings. The molecular weight excluding hydrogens is 241 g/mol. The van der Waals surface area contributed by atoms with E-state index in [-0.39, 0.29) is 12.8 Å². The maximum absolute atomic E-state index is 11.9. The van der Waals surface area contributed by atoms with E-state index in [1.165, 1.54) is 0 Å². The first-order valence-corrected chi connectivity index (χ1v) is 4.91. The molecule has 0 aromatic rings. The lowest BCUT2D eigenvalue weighted by Gasteiger charge is -2.25. The molecule has 0 heterocycles. The molecule has 7 heteroatoms. The number of hydrogen-bond donors (Lipinski definition) is 2. The number of carbonyl (C=O) groups is 1. The van der Waals surface area contributed by atoms with Gasteiger partial charge in [-0.15, -0.1) is 0 Å². The summed E-state index contributed by atoms with van der Waals surface area (Å²) in [5.74, 6) is -0.812. The van der Waals surface area contributed by atoms with Crippen LogP contribution in [0.15, 0.2) is 12.7 Å². The summed E-state index contributed by atoms with van der Waals surface area (Å²) >= 11 is 0. The summed E-state index contributed by atoms with van der Waals surface area (Å²) in [7, 11) is 0. The van der Waals surface area contributed by atoms with Gasteiger partial charge in [-0.3, -0.25) is 0 Å². The molecular formula is C10H15F3O4. The van der Waals surface area contributed by atoms with E-state index in [1.807, 2.05) is 0 Å². The second-order valence-electron chi connectivity index (χ2n) is 3.66. The average Bonchev–Trinajstić information content (AvgIpc) is 2.24. The fourth-order valence-electron chi connectivity index (χ4n) is 1.08. The molecule has 0 radical (unpaired) electrons. The topological polar surface area (TPSA) is 66.8 Å². The first-order valence-electron chi connectivity index (χ1n) is 4.91. The minimum atomic E-state index is -4.31. The van der Waals surface area contributed by atoms with Gasteiger partial charge in [0, 0.05) is 12.5 Å². The number of ether oxygens (including phenoxy) is 1. The van der Waals surface area contributed by atoms with Crippen LogP contribution in [0.25, 0.3) is 0 Å². The fraction of sp³-hybridized carbons (Fsp3) is 0.700. The molecule has 0 aliphatic heterocycles. The third kappa shape index (κ3) is 7.76. The van der Waals surface area contributed by atoms with Crippen molar-refractivity contribution in [1.82, 2.24) is 0 Å². The van der Waals surface area contributed by atoms with Crippen LogP contribution in [0.2, 0.25) is 0 Å². The first-order chi connectivity index (χ1) is 7.72. The highest BCUT2D eigenvalue weighted by Crippen LogP contribution is 2.25. The Kier molecular flexibility index (Phi) is 6.19. The van der Waals surface area contributed by atoms with Gasteiger partial charge in [0.15, 0.2) is 0 Å². The zero-order chi connectivity index (χ0) is 13.5. The predicted molar refractivity (Wildman–Crippen MR) is 53.1 cm³/mol. The maximum Gasteiger partial charge on any atom is 0.389 e. The largest absolute Gasteiger partial charge is 0.459 e. The Morgan fingerprint density at radius 3 is 2.35 bits per heavy atom. The second-order valence-corrected chi connectivity index (χ2v) is 3.66. The fourth-order valence-corrected chi connectivity index (χ4v) is 1.08. The van der Waals surface area contributed by atoms with Gasteiger partial charge in [0.05, 0.1) is 6.61 Å². The quantitative estimate of drug-likeness (QED) is 0.530. The van der Waals surface area contributed by atoms with Crippen LogP contribution in [-0.2, 0) is 9.53 Å². The van der Waals surface area contributed by atoms with Crippen LogP contribution in [0.5, 0.6) is 0 Å². The monoisotopic (exact) mass is 256 g/mol. The molecule has 0 aromatic heterocycles. The molecule has 0 fully saturated rings. The highest BCUT2D eigenvalue weighted by atomic mass is 19.4. The summed E-state index contributed by atoms with van der Waals surface area (Å²) in [4.78, 5) is 10.7. The molecule has 17 heavy (non-hydrogen) atoms. The molecule has 0 aromatic carbocycles. The van der Waals surface area contributed by atoms with Crippen molar-refractivity contribution in [3.05, 3.63) is 12.7 Å². The summed E-state index contributed by atoms with van der Waals surface area (Å²) in [5, 5.41) is 18.5. The van der Waals surface area contributed by atoms with Gasteiger partial charge in [0.2, 0.25) is 0 Å². The Hall–Kier alpha value is -1.08. The minimum absolute atomic E-state index is 0.312. The number of halogens is 3. The standard InChI is InChI=1S/C10H15F3O4/c1-2-8(15)17-7-9(16,6-14)4-3-5-10(11,12)13/h2,14,16H,1,3-7H2. The van der Waals surface area contributed by atoms with Crippen LogP contribution in [0, 0.1) is 0 Å². The lowest BCUT2D eigenvalue weighted by molar-refractivity contribution is -0.153. The van der Waals surface area contributed by atoms with Crippen molar-refractivity contribution in [2.24, 2.45) is 0 Å². The van der Waals surface area contributed by atoms with Crippen molar-refractivity contribution in [2.45, 2.75) is 31.0 Å². The van der Waals surface area contributed by atoms with Crippen molar-refractivity contribution in [2.75, 3.05) is 13.2 Å². The van der Waals surface area contributed by atoms with E-state index >= 15 is 0 Å². The second kappa shape index (κ2) is 6.61. The van der Waals surface area contributed by atoms with E-state index in [1.54, 1.807) is 0 Å². The van der Waals surface area contributed by atoms with Crippen molar-refractivity contribution >= 4 is 5.97 Å². The number of rotatable bonds is 7. The maximum atomic E-state index is 11.9. The summed E-state index contributed by atoms with van der Waals surface area (Å²) < 4.78 is 40.1. The van der Waals surface area contributed by atoms with E-state index < -0.39 is 37.4 Å². The van der Waals surface area contributed by atoms with Gasteiger partial charge in [-0.2, -0.15) is 13.2 Å². The normalized spacial score (nSPS) is 15.1. The van der Waals surface area contributed by atoms with Crippen LogP contribution in [0.3, 0.4) is 0 Å². The highest BCUT2D eigenvalue weighted by Gasteiger charge is 2.32. The lowest BCUT2D eigenvalue weighted by Crippen LogP contribution is -2.39. The van der Waals surface area contributed by atoms with E-state index in [2.05, 4.69) is 11.3 Å². The van der Waals surface area contributed by atoms with Gasteiger partial charge in [-0.25, -0.2) is 4.79 Å². The van der Waals surface area contributed by atoms with Gasteiger partial charge in [0.1, 0.15) is 12.2 Å². The molecule has 4 nitrogen and oxygen atoms in total. The average molecular weight is 256 g/mol. The zero-order valence-electron chi connectivity index (χ0n) is 9.16. The highest BCUT2D eigenvalue weighted by molar-refractivity contribution is 5.81. The van der Waals surface area contributed by atoms with Gasteiger partial charge in [-0.05, 0) is 12.8 Å². The third-order valence-corrected chi connectivity index (χ3v) is 2.05. The molecule has 0 rings (SSSR count). The number of carbonyl (C=O) groups excluding carboxylic acids is 1. The smallest absolute Gasteiger partial charge is 0.389 e. The van der Waals surface area contributed by atoms with Crippen LogP contribution >= 0.6 is 0 Å². The summed E-state index contributed by atoms with van der Waals surface area (Å²) in [6.45, 7) is 1.77. The van der Waals surface area contributed by atoms with Crippen LogP contribution < -0.4 is 0 Å². The lowest BCUT2D eigenvalue weighted by atomic mass is 9.98. The molecule has 1 atom stereocenters. The third-order valence-electron chi connectivity index (χ3n) is 2.05. The molecule has 0 bridgehead atoms. The summed E-state index contributed by atoms with van der Waals surface area (Å²) in [6, 6.07) is 0. The number of hydrogen-bond acceptors (Lipinski definition) is 4. The Labute approximate surface area is 96.7 Å². The molecule has 1 unspecified atom stereocenters. The van der Waals surface area contributed by atoms with Crippen LogP contribution in [-0.4, -0.2) is 41.2 Å². The molecule has 0 spiro atoms. The first kappa shape index (κ1) is 15.9. The van der Waals surface area contributed by atoms with E-state index in [4.69, 9.17) is 5.11 Å². The van der Waals surface area contributed by atoms with E-state index in [0.717, 1.165) is 6.08 Å². The molecule has 0 saturated carbocycles. The summed E-state index contributed by atoms with van der Waals surface area (Å²) in [5.41, 5.74) is -1.84. The zero-order valence-corrected chi connectivity index (χ0v) is 9.16. The van der Waals surface area contributed by atoms with Crippen molar-refractivity contribution in [1.29, 1.82) is 0 Å². The van der Waals surface area contributed by atoms with Crippen LogP contribution in [0.1, 0.15) is 19.3 Å². The predicted octanol–water partition coefficient (Wildman–Crippen LogP) is 1.17. The number of alkyl halides is 3. The van der Waals surface area contributed by atoms with Gasteiger partial charge < -0.3 is 14.9 Å². The molecule has 100 valence electrons. The summed E-state index contributed by atoms with van der Waals surface area (Å²) in [6.07, 6.45) is -5.19. The van der Waals surface area contributed by atoms with Gasteiger partial charge in [0.25, 0.3) is 0 Å². The molecule has 0 aliphatic carbocycles. The Bertz CT molecular complexity index is 265. The van der Waals surface area contributed by atoms with Crippen molar-refractivity contribution in [3.63, 3.8) is 0 Å². The Balaban J connectivity index is 4.09. The van der Waals surface area contributed by atoms with Gasteiger partial charge >= 0.3 is 12.1 Å².